The SMILES string of the molecule is CC1CCCN1S(=O)(=O)c1cc(CN)cc(F)c1F. The highest BCUT2D eigenvalue weighted by molar-refractivity contribution is 7.89. The van der Waals surface area contributed by atoms with Gasteiger partial charge in [0.1, 0.15) is 4.90 Å². The Morgan fingerprint density at radius 2 is 2.11 bits per heavy atom. The number of halogens is 2. The van der Waals surface area contributed by atoms with Gasteiger partial charge in [0.15, 0.2) is 11.6 Å². The quantitative estimate of drug-likeness (QED) is 0.919. The highest BCUT2D eigenvalue weighted by Gasteiger charge is 2.35. The van der Waals surface area contributed by atoms with Crippen molar-refractivity contribution in [3.8, 4) is 0 Å². The summed E-state index contributed by atoms with van der Waals surface area (Å²) in [7, 11) is -4.01. The van der Waals surface area contributed by atoms with E-state index in [9.17, 15) is 17.2 Å². The van der Waals surface area contributed by atoms with E-state index in [1.807, 2.05) is 0 Å². The predicted molar refractivity (Wildman–Crippen MR) is 66.8 cm³/mol. The first-order valence-corrected chi connectivity index (χ1v) is 7.51. The highest BCUT2D eigenvalue weighted by Crippen LogP contribution is 2.28. The van der Waals surface area contributed by atoms with Crippen LogP contribution >= 0.6 is 0 Å². The summed E-state index contributed by atoms with van der Waals surface area (Å²) < 4.78 is 53.1. The van der Waals surface area contributed by atoms with Crippen LogP contribution in [-0.4, -0.2) is 25.3 Å². The Balaban J connectivity index is 2.54. The minimum atomic E-state index is -4.01. The normalized spacial score (nSPS) is 20.9. The highest BCUT2D eigenvalue weighted by atomic mass is 32.2. The molecular formula is C12H16F2N2O2S. The van der Waals surface area contributed by atoms with E-state index in [0.29, 0.717) is 6.54 Å². The zero-order valence-electron chi connectivity index (χ0n) is 10.6. The molecule has 19 heavy (non-hydrogen) atoms. The van der Waals surface area contributed by atoms with Crippen LogP contribution in [0.5, 0.6) is 0 Å². The third kappa shape index (κ3) is 2.50. The van der Waals surface area contributed by atoms with Crippen LogP contribution in [0.3, 0.4) is 0 Å². The molecule has 1 aliphatic heterocycles. The molecule has 0 aromatic heterocycles. The van der Waals surface area contributed by atoms with Gasteiger partial charge in [0.2, 0.25) is 10.0 Å². The fraction of sp³-hybridized carbons (Fsp3) is 0.500. The molecule has 7 heteroatoms. The lowest BCUT2D eigenvalue weighted by Gasteiger charge is -2.21. The maximum absolute atomic E-state index is 13.8. The molecule has 1 aliphatic rings. The molecule has 2 N–H and O–H groups in total. The minimum Gasteiger partial charge on any atom is -0.326 e. The Bertz CT molecular complexity index is 590. The van der Waals surface area contributed by atoms with Crippen LogP contribution < -0.4 is 5.73 Å². The standard InChI is InChI=1S/C12H16F2N2O2S/c1-8-3-2-4-16(8)19(17,18)11-6-9(7-15)5-10(13)12(11)14/h5-6,8H,2-4,7,15H2,1H3. The van der Waals surface area contributed by atoms with Crippen molar-refractivity contribution in [2.24, 2.45) is 5.73 Å². The van der Waals surface area contributed by atoms with Crippen molar-refractivity contribution in [2.45, 2.75) is 37.2 Å². The van der Waals surface area contributed by atoms with Gasteiger partial charge in [-0.15, -0.1) is 0 Å². The molecule has 1 unspecified atom stereocenters. The molecule has 1 saturated heterocycles. The molecule has 0 saturated carbocycles. The second-order valence-corrected chi connectivity index (χ2v) is 6.56. The van der Waals surface area contributed by atoms with Crippen molar-refractivity contribution in [3.05, 3.63) is 29.3 Å². The molecule has 1 aromatic rings. The summed E-state index contributed by atoms with van der Waals surface area (Å²) in [5.41, 5.74) is 5.62. The number of nitrogens with zero attached hydrogens (tertiary/aromatic N) is 1. The molecule has 106 valence electrons. The minimum absolute atomic E-state index is 0.0464. The summed E-state index contributed by atoms with van der Waals surface area (Å²) in [6.07, 6.45) is 1.45. The molecule has 4 nitrogen and oxygen atoms in total. The average Bonchev–Trinajstić information content (AvgIpc) is 2.79. The van der Waals surface area contributed by atoms with Gasteiger partial charge in [-0.1, -0.05) is 0 Å². The molecule has 1 aromatic carbocycles. The van der Waals surface area contributed by atoms with Crippen molar-refractivity contribution >= 4 is 10.0 Å². The molecule has 0 radical (unpaired) electrons. The van der Waals surface area contributed by atoms with E-state index in [-0.39, 0.29) is 18.2 Å². The number of benzene rings is 1. The van der Waals surface area contributed by atoms with Gasteiger partial charge in [-0.05, 0) is 37.5 Å². The Morgan fingerprint density at radius 1 is 1.42 bits per heavy atom. The number of rotatable bonds is 3. The molecule has 0 bridgehead atoms. The Kier molecular flexibility index (Phi) is 3.89. The third-order valence-electron chi connectivity index (χ3n) is 3.37. The summed E-state index contributed by atoms with van der Waals surface area (Å²) in [6, 6.07) is 1.83. The number of nitrogens with two attached hydrogens (primary N) is 1. The van der Waals surface area contributed by atoms with Crippen LogP contribution in [-0.2, 0) is 16.6 Å². The Hall–Kier alpha value is -1.05. The molecule has 2 rings (SSSR count). The number of sulfonamides is 1. The Morgan fingerprint density at radius 3 is 2.63 bits per heavy atom. The monoisotopic (exact) mass is 290 g/mol. The van der Waals surface area contributed by atoms with Gasteiger partial charge in [-0.3, -0.25) is 0 Å². The van der Waals surface area contributed by atoms with Gasteiger partial charge < -0.3 is 5.73 Å². The van der Waals surface area contributed by atoms with Gasteiger partial charge >= 0.3 is 0 Å². The second kappa shape index (κ2) is 5.15. The van der Waals surface area contributed by atoms with Crippen LogP contribution in [0.2, 0.25) is 0 Å². The maximum Gasteiger partial charge on any atom is 0.246 e. The van der Waals surface area contributed by atoms with Crippen LogP contribution in [0.4, 0.5) is 8.78 Å². The number of hydrogen-bond acceptors (Lipinski definition) is 3. The summed E-state index contributed by atoms with van der Waals surface area (Å²) in [4.78, 5) is -0.623. The van der Waals surface area contributed by atoms with E-state index < -0.39 is 26.6 Å². The summed E-state index contributed by atoms with van der Waals surface area (Å²) in [6.45, 7) is 2.04. The van der Waals surface area contributed by atoms with E-state index in [1.54, 1.807) is 6.92 Å². The van der Waals surface area contributed by atoms with Crippen molar-refractivity contribution in [1.29, 1.82) is 0 Å². The van der Waals surface area contributed by atoms with Gasteiger partial charge in [-0.2, -0.15) is 4.31 Å². The van der Waals surface area contributed by atoms with Crippen LogP contribution in [0, 0.1) is 11.6 Å². The second-order valence-electron chi connectivity index (χ2n) is 4.70. The third-order valence-corrected chi connectivity index (χ3v) is 5.38. The zero-order valence-corrected chi connectivity index (χ0v) is 11.4. The maximum atomic E-state index is 13.8. The number of hydrogen-bond donors (Lipinski definition) is 1. The fourth-order valence-corrected chi connectivity index (χ4v) is 4.14. The first kappa shape index (κ1) is 14.4. The predicted octanol–water partition coefficient (Wildman–Crippen LogP) is 1.60. The van der Waals surface area contributed by atoms with Gasteiger partial charge in [0.25, 0.3) is 0 Å². The molecule has 1 heterocycles. The molecule has 0 spiro atoms. The first-order chi connectivity index (χ1) is 8.87. The Labute approximate surface area is 111 Å². The van der Waals surface area contributed by atoms with Gasteiger partial charge in [-0.25, -0.2) is 17.2 Å². The average molecular weight is 290 g/mol. The zero-order chi connectivity index (χ0) is 14.2. The molecule has 1 fully saturated rings. The van der Waals surface area contributed by atoms with Crippen LogP contribution in [0.25, 0.3) is 0 Å². The lowest BCUT2D eigenvalue weighted by Crippen LogP contribution is -2.34. The lowest BCUT2D eigenvalue weighted by atomic mass is 10.2. The van der Waals surface area contributed by atoms with E-state index in [0.717, 1.165) is 25.0 Å². The van der Waals surface area contributed by atoms with E-state index in [2.05, 4.69) is 0 Å². The summed E-state index contributed by atoms with van der Waals surface area (Å²) in [5, 5.41) is 0. The van der Waals surface area contributed by atoms with E-state index in [4.69, 9.17) is 5.73 Å². The van der Waals surface area contributed by atoms with Crippen molar-refractivity contribution in [1.82, 2.24) is 4.31 Å². The summed E-state index contributed by atoms with van der Waals surface area (Å²) >= 11 is 0. The van der Waals surface area contributed by atoms with Crippen molar-refractivity contribution < 1.29 is 17.2 Å². The van der Waals surface area contributed by atoms with E-state index in [1.165, 1.54) is 4.31 Å². The van der Waals surface area contributed by atoms with Crippen LogP contribution in [0.15, 0.2) is 17.0 Å². The first-order valence-electron chi connectivity index (χ1n) is 6.07. The van der Waals surface area contributed by atoms with Gasteiger partial charge in [0.05, 0.1) is 0 Å². The smallest absolute Gasteiger partial charge is 0.246 e. The molecular weight excluding hydrogens is 274 g/mol. The van der Waals surface area contributed by atoms with Gasteiger partial charge in [0, 0.05) is 19.1 Å². The largest absolute Gasteiger partial charge is 0.326 e. The van der Waals surface area contributed by atoms with Crippen LogP contribution in [0.1, 0.15) is 25.3 Å². The van der Waals surface area contributed by atoms with Crippen molar-refractivity contribution in [3.63, 3.8) is 0 Å². The summed E-state index contributed by atoms with van der Waals surface area (Å²) in [5.74, 6) is -2.52. The topological polar surface area (TPSA) is 63.4 Å². The van der Waals surface area contributed by atoms with Crippen molar-refractivity contribution in [2.75, 3.05) is 6.54 Å². The molecule has 1 atom stereocenters. The molecule has 0 amide bonds. The molecule has 0 aliphatic carbocycles. The lowest BCUT2D eigenvalue weighted by molar-refractivity contribution is 0.401. The van der Waals surface area contributed by atoms with E-state index >= 15 is 0 Å². The fourth-order valence-electron chi connectivity index (χ4n) is 2.31.